The molecule has 27 heavy (non-hydrogen) atoms. The highest BCUT2D eigenvalue weighted by molar-refractivity contribution is 5.99. The number of fused-ring (bicyclic) bond motifs is 1. The Hall–Kier alpha value is -2.96. The normalized spacial score (nSPS) is 22.9. The Morgan fingerprint density at radius 3 is 2.78 bits per heavy atom. The second kappa shape index (κ2) is 6.98. The van der Waals surface area contributed by atoms with Gasteiger partial charge in [-0.15, -0.1) is 0 Å². The van der Waals surface area contributed by atoms with Gasteiger partial charge in [-0.05, 0) is 36.5 Å². The van der Waals surface area contributed by atoms with Crippen LogP contribution in [0.3, 0.4) is 0 Å². The molecule has 3 amide bonds. The van der Waals surface area contributed by atoms with Gasteiger partial charge in [0.2, 0.25) is 17.7 Å². The van der Waals surface area contributed by atoms with Gasteiger partial charge in [0.1, 0.15) is 0 Å². The second-order valence-corrected chi connectivity index (χ2v) is 7.49. The van der Waals surface area contributed by atoms with E-state index in [1.54, 1.807) is 6.20 Å². The number of anilines is 1. The summed E-state index contributed by atoms with van der Waals surface area (Å²) >= 11 is 0. The van der Waals surface area contributed by atoms with Crippen LogP contribution in [0.15, 0.2) is 30.5 Å². The number of amides is 3. The minimum atomic E-state index is -0.255. The van der Waals surface area contributed by atoms with Gasteiger partial charge < -0.3 is 5.32 Å². The molecule has 2 heterocycles. The second-order valence-electron chi connectivity index (χ2n) is 7.49. The van der Waals surface area contributed by atoms with E-state index >= 15 is 0 Å². The monoisotopic (exact) mass is 366 g/mol. The van der Waals surface area contributed by atoms with Crippen molar-refractivity contribution in [3.8, 4) is 0 Å². The number of benzene rings is 1. The molecular formula is C20H22N4O3. The number of nitrogens with zero attached hydrogens (tertiary/aromatic N) is 1. The molecule has 2 aliphatic rings. The quantitative estimate of drug-likeness (QED) is 0.725. The molecule has 0 spiro atoms. The zero-order valence-corrected chi connectivity index (χ0v) is 15.1. The maximum absolute atomic E-state index is 13.0. The molecule has 1 aromatic heterocycles. The van der Waals surface area contributed by atoms with Crippen molar-refractivity contribution >= 4 is 23.4 Å². The Morgan fingerprint density at radius 1 is 1.22 bits per heavy atom. The highest BCUT2D eigenvalue weighted by atomic mass is 16.2. The fourth-order valence-corrected chi connectivity index (χ4v) is 4.14. The van der Waals surface area contributed by atoms with E-state index in [-0.39, 0.29) is 48.3 Å². The molecule has 140 valence electrons. The zero-order valence-electron chi connectivity index (χ0n) is 15.1. The van der Waals surface area contributed by atoms with Crippen molar-refractivity contribution in [2.75, 3.05) is 5.32 Å². The lowest BCUT2D eigenvalue weighted by Gasteiger charge is -2.28. The van der Waals surface area contributed by atoms with E-state index in [2.05, 4.69) is 27.8 Å². The Labute approximate surface area is 156 Å². The lowest BCUT2D eigenvalue weighted by atomic mass is 9.78. The molecule has 2 aromatic rings. The first kappa shape index (κ1) is 17.5. The van der Waals surface area contributed by atoms with Gasteiger partial charge in [0, 0.05) is 35.7 Å². The summed E-state index contributed by atoms with van der Waals surface area (Å²) in [5.74, 6) is -0.726. The number of hydrogen-bond acceptors (Lipinski definition) is 4. The Kier molecular flexibility index (Phi) is 4.51. The van der Waals surface area contributed by atoms with Crippen LogP contribution >= 0.6 is 0 Å². The Bertz CT molecular complexity index is 888. The van der Waals surface area contributed by atoms with Gasteiger partial charge in [-0.3, -0.25) is 24.8 Å². The van der Waals surface area contributed by atoms with Gasteiger partial charge in [-0.25, -0.2) is 0 Å². The molecule has 1 aromatic carbocycles. The van der Waals surface area contributed by atoms with Gasteiger partial charge in [0.05, 0.1) is 12.1 Å². The predicted molar refractivity (Wildman–Crippen MR) is 99.0 cm³/mol. The predicted octanol–water partition coefficient (Wildman–Crippen LogP) is 2.23. The molecule has 0 radical (unpaired) electrons. The van der Waals surface area contributed by atoms with Crippen molar-refractivity contribution in [2.45, 2.75) is 44.4 Å². The number of carbonyl (C=O) groups excluding carboxylic acids is 3. The van der Waals surface area contributed by atoms with Crippen LogP contribution in [-0.2, 0) is 20.8 Å². The smallest absolute Gasteiger partial charge is 0.232 e. The van der Waals surface area contributed by atoms with E-state index in [0.717, 1.165) is 29.7 Å². The first-order valence-corrected chi connectivity index (χ1v) is 9.27. The molecule has 2 unspecified atom stereocenters. The highest BCUT2D eigenvalue weighted by Crippen LogP contribution is 2.36. The number of imide groups is 1. The average molecular weight is 366 g/mol. The summed E-state index contributed by atoms with van der Waals surface area (Å²) in [4.78, 5) is 36.2. The molecule has 7 nitrogen and oxygen atoms in total. The number of nitrogens with one attached hydrogen (secondary N) is 3. The van der Waals surface area contributed by atoms with Gasteiger partial charge in [0.25, 0.3) is 0 Å². The molecule has 2 atom stereocenters. The summed E-state index contributed by atoms with van der Waals surface area (Å²) in [6, 6.07) is 7.42. The third-order valence-electron chi connectivity index (χ3n) is 5.56. The van der Waals surface area contributed by atoms with Crippen molar-refractivity contribution in [3.63, 3.8) is 0 Å². The number of rotatable bonds is 3. The summed E-state index contributed by atoms with van der Waals surface area (Å²) < 4.78 is 0. The van der Waals surface area contributed by atoms with Crippen LogP contribution in [0.1, 0.15) is 54.8 Å². The summed E-state index contributed by atoms with van der Waals surface area (Å²) in [6.07, 6.45) is 4.15. The first-order chi connectivity index (χ1) is 13.0. The number of carbonyl (C=O) groups is 3. The van der Waals surface area contributed by atoms with Crippen LogP contribution in [0, 0.1) is 5.92 Å². The van der Waals surface area contributed by atoms with E-state index in [9.17, 15) is 14.4 Å². The standard InChI is InChI=1S/C20H22N4O3/c1-11-5-6-16-15(10-21-24-16)19(11)20(27)22-14-4-2-3-12(7-14)13-8-17(25)23-18(26)9-13/h2-4,7,10-11,13,19H,5-6,8-9H2,1H3,(H,21,24)(H,22,27)(H,23,25,26). The third-order valence-corrected chi connectivity index (χ3v) is 5.56. The Morgan fingerprint density at radius 2 is 2.00 bits per heavy atom. The summed E-state index contributed by atoms with van der Waals surface area (Å²) in [5, 5.41) is 12.4. The van der Waals surface area contributed by atoms with E-state index in [1.165, 1.54) is 0 Å². The van der Waals surface area contributed by atoms with Crippen molar-refractivity contribution in [2.24, 2.45) is 5.92 Å². The number of aromatic amines is 1. The first-order valence-electron chi connectivity index (χ1n) is 9.27. The van der Waals surface area contributed by atoms with Gasteiger partial charge in [-0.2, -0.15) is 5.10 Å². The van der Waals surface area contributed by atoms with E-state index in [4.69, 9.17) is 0 Å². The molecule has 1 fully saturated rings. The molecule has 4 rings (SSSR count). The molecule has 1 saturated heterocycles. The fraction of sp³-hybridized carbons (Fsp3) is 0.400. The summed E-state index contributed by atoms with van der Waals surface area (Å²) in [7, 11) is 0. The van der Waals surface area contributed by atoms with E-state index in [0.29, 0.717) is 5.69 Å². The molecule has 0 saturated carbocycles. The highest BCUT2D eigenvalue weighted by Gasteiger charge is 2.33. The molecule has 3 N–H and O–H groups in total. The number of piperidine rings is 1. The van der Waals surface area contributed by atoms with Gasteiger partial charge >= 0.3 is 0 Å². The minimum Gasteiger partial charge on any atom is -0.326 e. The number of aromatic nitrogens is 2. The van der Waals surface area contributed by atoms with Crippen molar-refractivity contribution in [3.05, 3.63) is 47.3 Å². The fourth-order valence-electron chi connectivity index (χ4n) is 4.14. The van der Waals surface area contributed by atoms with E-state index < -0.39 is 0 Å². The van der Waals surface area contributed by atoms with Gasteiger partial charge in [-0.1, -0.05) is 19.1 Å². The maximum Gasteiger partial charge on any atom is 0.232 e. The molecular weight excluding hydrogens is 344 g/mol. The van der Waals surface area contributed by atoms with Crippen LogP contribution in [0.25, 0.3) is 0 Å². The van der Waals surface area contributed by atoms with Crippen LogP contribution < -0.4 is 10.6 Å². The molecule has 1 aliphatic heterocycles. The maximum atomic E-state index is 13.0. The lowest BCUT2D eigenvalue weighted by Crippen LogP contribution is -2.37. The van der Waals surface area contributed by atoms with Crippen molar-refractivity contribution in [1.82, 2.24) is 15.5 Å². The largest absolute Gasteiger partial charge is 0.326 e. The summed E-state index contributed by atoms with van der Waals surface area (Å²) in [5.41, 5.74) is 3.57. The van der Waals surface area contributed by atoms with Crippen LogP contribution in [0.5, 0.6) is 0 Å². The minimum absolute atomic E-state index is 0.0561. The van der Waals surface area contributed by atoms with Crippen molar-refractivity contribution in [1.29, 1.82) is 0 Å². The summed E-state index contributed by atoms with van der Waals surface area (Å²) in [6.45, 7) is 2.09. The van der Waals surface area contributed by atoms with E-state index in [1.807, 2.05) is 24.3 Å². The van der Waals surface area contributed by atoms with Gasteiger partial charge in [0.15, 0.2) is 0 Å². The number of aryl methyl sites for hydroxylation is 1. The molecule has 1 aliphatic carbocycles. The van der Waals surface area contributed by atoms with Crippen LogP contribution in [0.4, 0.5) is 5.69 Å². The number of hydrogen-bond donors (Lipinski definition) is 3. The molecule has 0 bridgehead atoms. The zero-order chi connectivity index (χ0) is 19.0. The Balaban J connectivity index is 1.53. The van der Waals surface area contributed by atoms with Crippen LogP contribution in [-0.4, -0.2) is 27.9 Å². The van der Waals surface area contributed by atoms with Crippen molar-refractivity contribution < 1.29 is 14.4 Å². The van der Waals surface area contributed by atoms with Crippen LogP contribution in [0.2, 0.25) is 0 Å². The average Bonchev–Trinajstić information content (AvgIpc) is 3.09. The lowest BCUT2D eigenvalue weighted by molar-refractivity contribution is -0.133. The molecule has 7 heteroatoms. The number of H-pyrrole nitrogens is 1. The SMILES string of the molecule is CC1CCc2[nH]ncc2C1C(=O)Nc1cccc(C2CC(=O)NC(=O)C2)c1. The topological polar surface area (TPSA) is 104 Å². The third kappa shape index (κ3) is 3.49.